The molecule has 1 aliphatic rings. The number of nitrogens with zero attached hydrogens (tertiary/aromatic N) is 3. The van der Waals surface area contributed by atoms with Gasteiger partial charge in [0.15, 0.2) is 0 Å². The first-order valence-corrected chi connectivity index (χ1v) is 7.20. The van der Waals surface area contributed by atoms with E-state index in [1.54, 1.807) is 4.68 Å². The molecule has 1 N–H and O–H groups in total. The van der Waals surface area contributed by atoms with Gasteiger partial charge in [-0.2, -0.15) is 10.1 Å². The molecule has 2 heterocycles. The lowest BCUT2D eigenvalue weighted by Gasteiger charge is -2.28. The number of hydrogen-bond donors (Lipinski definition) is 1. The summed E-state index contributed by atoms with van der Waals surface area (Å²) < 4.78 is 6.66. The quantitative estimate of drug-likeness (QED) is 0.881. The molecule has 0 spiro atoms. The van der Waals surface area contributed by atoms with Gasteiger partial charge in [-0.1, -0.05) is 31.2 Å². The number of carbonyl (C=O) groups excluding carboxylic acids is 1. The van der Waals surface area contributed by atoms with Crippen LogP contribution < -0.4 is 5.32 Å². The van der Waals surface area contributed by atoms with E-state index in [1.165, 1.54) is 19.0 Å². The van der Waals surface area contributed by atoms with E-state index in [-0.39, 0.29) is 12.0 Å². The first-order valence-electron chi connectivity index (χ1n) is 7.20. The van der Waals surface area contributed by atoms with Crippen molar-refractivity contribution in [1.29, 1.82) is 0 Å². The Morgan fingerprint density at radius 1 is 1.36 bits per heavy atom. The number of esters is 1. The van der Waals surface area contributed by atoms with Gasteiger partial charge in [0.05, 0.1) is 12.7 Å². The second kappa shape index (κ2) is 5.63. The molecule has 6 heteroatoms. The maximum absolute atomic E-state index is 12.2. The Kier molecular flexibility index (Phi) is 3.66. The maximum atomic E-state index is 12.2. The van der Waals surface area contributed by atoms with Crippen molar-refractivity contribution in [3.8, 4) is 0 Å². The van der Waals surface area contributed by atoms with Crippen LogP contribution >= 0.6 is 0 Å². The van der Waals surface area contributed by atoms with Crippen LogP contribution in [0.25, 0.3) is 0 Å². The van der Waals surface area contributed by atoms with E-state index in [2.05, 4.69) is 34.5 Å². The lowest BCUT2D eigenvalue weighted by Crippen LogP contribution is -2.29. The lowest BCUT2D eigenvalue weighted by atomic mass is 9.95. The second-order valence-electron chi connectivity index (χ2n) is 5.18. The van der Waals surface area contributed by atoms with Crippen LogP contribution in [0, 0.1) is 0 Å². The molecule has 3 rings (SSSR count). The van der Waals surface area contributed by atoms with Gasteiger partial charge >= 0.3 is 5.97 Å². The zero-order valence-corrected chi connectivity index (χ0v) is 12.8. The van der Waals surface area contributed by atoms with Crippen molar-refractivity contribution >= 4 is 11.9 Å². The standard InChI is InChI=1S/C16H18N4O2/c1-4-11-5-7-12(8-6-11)14-13(15(21)22-3)10(2)19-16-17-9-18-20(14)16/h5-9,14H,4H2,1-3H3,(H,17,18,19). The average Bonchev–Trinajstić information content (AvgIpc) is 3.00. The molecule has 0 fully saturated rings. The van der Waals surface area contributed by atoms with Crippen LogP contribution in [0.15, 0.2) is 41.9 Å². The molecule has 1 aliphatic heterocycles. The monoisotopic (exact) mass is 298 g/mol. The van der Waals surface area contributed by atoms with E-state index >= 15 is 0 Å². The SMILES string of the molecule is CCc1ccc(C2C(C(=O)OC)=C(C)Nc3ncnn32)cc1. The molecule has 0 saturated heterocycles. The van der Waals surface area contributed by atoms with E-state index < -0.39 is 0 Å². The zero-order chi connectivity index (χ0) is 15.7. The molecule has 0 radical (unpaired) electrons. The highest BCUT2D eigenvalue weighted by molar-refractivity contribution is 5.92. The first kappa shape index (κ1) is 14.3. The van der Waals surface area contributed by atoms with Crippen LogP contribution in [0.3, 0.4) is 0 Å². The van der Waals surface area contributed by atoms with Gasteiger partial charge < -0.3 is 10.1 Å². The van der Waals surface area contributed by atoms with Crippen LogP contribution in [0.4, 0.5) is 5.95 Å². The predicted octanol–water partition coefficient (Wildman–Crippen LogP) is 2.30. The summed E-state index contributed by atoms with van der Waals surface area (Å²) in [5.74, 6) is 0.255. The van der Waals surface area contributed by atoms with Crippen LogP contribution in [0.5, 0.6) is 0 Å². The Hall–Kier alpha value is -2.63. The average molecular weight is 298 g/mol. The van der Waals surface area contributed by atoms with E-state index in [0.717, 1.165) is 17.7 Å². The van der Waals surface area contributed by atoms with Crippen LogP contribution in [-0.4, -0.2) is 27.8 Å². The minimum Gasteiger partial charge on any atom is -0.466 e. The fraction of sp³-hybridized carbons (Fsp3) is 0.312. The number of hydrogen-bond acceptors (Lipinski definition) is 5. The molecule has 2 aromatic rings. The highest BCUT2D eigenvalue weighted by atomic mass is 16.5. The molecule has 1 atom stereocenters. The number of methoxy groups -OCH3 is 1. The van der Waals surface area contributed by atoms with Crippen LogP contribution in [-0.2, 0) is 16.0 Å². The molecular weight excluding hydrogens is 280 g/mol. The number of aryl methyl sites for hydroxylation is 1. The Bertz CT molecular complexity index is 731. The van der Waals surface area contributed by atoms with Crippen molar-refractivity contribution in [2.45, 2.75) is 26.3 Å². The normalized spacial score (nSPS) is 17.0. The van der Waals surface area contributed by atoms with Gasteiger partial charge in [0.2, 0.25) is 5.95 Å². The Balaban J connectivity index is 2.13. The maximum Gasteiger partial charge on any atom is 0.338 e. The number of fused-ring (bicyclic) bond motifs is 1. The second-order valence-corrected chi connectivity index (χ2v) is 5.18. The Morgan fingerprint density at radius 3 is 2.73 bits per heavy atom. The highest BCUT2D eigenvalue weighted by Gasteiger charge is 2.33. The van der Waals surface area contributed by atoms with E-state index in [0.29, 0.717) is 11.5 Å². The summed E-state index contributed by atoms with van der Waals surface area (Å²) in [4.78, 5) is 16.4. The summed E-state index contributed by atoms with van der Waals surface area (Å²) in [5.41, 5.74) is 3.50. The van der Waals surface area contributed by atoms with E-state index in [4.69, 9.17) is 4.74 Å². The zero-order valence-electron chi connectivity index (χ0n) is 12.8. The summed E-state index contributed by atoms with van der Waals surface area (Å²) >= 11 is 0. The van der Waals surface area contributed by atoms with Gasteiger partial charge in [-0.25, -0.2) is 9.48 Å². The topological polar surface area (TPSA) is 69.0 Å². The van der Waals surface area contributed by atoms with Crippen molar-refractivity contribution in [2.24, 2.45) is 0 Å². The summed E-state index contributed by atoms with van der Waals surface area (Å²) in [6.45, 7) is 3.96. The van der Waals surface area contributed by atoms with Gasteiger partial charge in [0.1, 0.15) is 12.4 Å². The Labute approximate surface area is 128 Å². The fourth-order valence-corrected chi connectivity index (χ4v) is 2.71. The van der Waals surface area contributed by atoms with Crippen molar-refractivity contribution in [3.05, 3.63) is 53.0 Å². The number of ether oxygens (including phenoxy) is 1. The first-order chi connectivity index (χ1) is 10.7. The summed E-state index contributed by atoms with van der Waals surface area (Å²) in [6, 6.07) is 7.85. The number of benzene rings is 1. The molecule has 22 heavy (non-hydrogen) atoms. The minimum atomic E-state index is -0.365. The van der Waals surface area contributed by atoms with Crippen molar-refractivity contribution in [3.63, 3.8) is 0 Å². The van der Waals surface area contributed by atoms with Crippen molar-refractivity contribution in [1.82, 2.24) is 14.8 Å². The number of nitrogens with one attached hydrogen (secondary N) is 1. The molecule has 114 valence electrons. The molecule has 0 amide bonds. The molecule has 6 nitrogen and oxygen atoms in total. The van der Waals surface area contributed by atoms with Gasteiger partial charge in [-0.3, -0.25) is 0 Å². The number of anilines is 1. The van der Waals surface area contributed by atoms with E-state index in [9.17, 15) is 4.79 Å². The summed E-state index contributed by atoms with van der Waals surface area (Å²) in [6.07, 6.45) is 2.45. The molecular formula is C16H18N4O2. The largest absolute Gasteiger partial charge is 0.466 e. The third-order valence-electron chi connectivity index (χ3n) is 3.90. The number of rotatable bonds is 3. The van der Waals surface area contributed by atoms with E-state index in [1.807, 2.05) is 19.1 Å². The molecule has 1 aromatic carbocycles. The van der Waals surface area contributed by atoms with Gasteiger partial charge in [-0.05, 0) is 24.5 Å². The number of aromatic nitrogens is 3. The summed E-state index contributed by atoms with van der Waals surface area (Å²) in [5, 5.41) is 7.36. The Morgan fingerprint density at radius 2 is 2.09 bits per heavy atom. The van der Waals surface area contributed by atoms with Crippen molar-refractivity contribution < 1.29 is 9.53 Å². The minimum absolute atomic E-state index is 0.336. The summed E-state index contributed by atoms with van der Waals surface area (Å²) in [7, 11) is 1.39. The third kappa shape index (κ3) is 2.26. The highest BCUT2D eigenvalue weighted by Crippen LogP contribution is 2.35. The molecule has 0 bridgehead atoms. The van der Waals surface area contributed by atoms with Gasteiger partial charge in [-0.15, -0.1) is 0 Å². The van der Waals surface area contributed by atoms with Gasteiger partial charge in [0.25, 0.3) is 0 Å². The molecule has 1 unspecified atom stereocenters. The van der Waals surface area contributed by atoms with Crippen LogP contribution in [0.2, 0.25) is 0 Å². The molecule has 1 aromatic heterocycles. The lowest BCUT2D eigenvalue weighted by molar-refractivity contribution is -0.136. The number of allylic oxidation sites excluding steroid dienone is 1. The smallest absolute Gasteiger partial charge is 0.338 e. The molecule has 0 saturated carbocycles. The van der Waals surface area contributed by atoms with Gasteiger partial charge in [0, 0.05) is 5.70 Å². The fourth-order valence-electron chi connectivity index (χ4n) is 2.71. The van der Waals surface area contributed by atoms with Crippen LogP contribution in [0.1, 0.15) is 31.0 Å². The number of carbonyl (C=O) groups is 1. The third-order valence-corrected chi connectivity index (χ3v) is 3.90. The molecule has 0 aliphatic carbocycles. The van der Waals surface area contributed by atoms with Crippen molar-refractivity contribution in [2.75, 3.05) is 12.4 Å². The predicted molar refractivity (Wildman–Crippen MR) is 82.3 cm³/mol.